The van der Waals surface area contributed by atoms with Crippen LogP contribution in [0.2, 0.25) is 0 Å². The van der Waals surface area contributed by atoms with Gasteiger partial charge in [-0.2, -0.15) is 10.2 Å². The van der Waals surface area contributed by atoms with Crippen molar-refractivity contribution in [1.82, 2.24) is 28.7 Å². The Morgan fingerprint density at radius 2 is 0.870 bits per heavy atom. The summed E-state index contributed by atoms with van der Waals surface area (Å²) >= 11 is 2.41. The highest BCUT2D eigenvalue weighted by Crippen LogP contribution is 2.39. The highest BCUT2D eigenvalue weighted by molar-refractivity contribution is 7.07. The Morgan fingerprint density at radius 3 is 1.19 bits per heavy atom. The molecule has 100 heavy (non-hydrogen) atoms. The Balaban J connectivity index is 0.000000205. The molecule has 2 unspecified atom stereocenters. The number of esters is 4. The summed E-state index contributed by atoms with van der Waals surface area (Å²) in [6, 6.07) is 42.6. The molecular weight excluding hydrogens is 1320 g/mol. The predicted molar refractivity (Wildman–Crippen MR) is 374 cm³/mol. The number of thiazole rings is 2. The maximum atomic E-state index is 14.3. The summed E-state index contributed by atoms with van der Waals surface area (Å²) in [6.07, 6.45) is 7.34. The third-order valence-electron chi connectivity index (χ3n) is 15.3. The average molecular weight is 1390 g/mol. The molecule has 6 aromatic carbocycles. The van der Waals surface area contributed by atoms with Gasteiger partial charge in [0.05, 0.1) is 96.7 Å². The van der Waals surface area contributed by atoms with E-state index in [2.05, 4.69) is 9.98 Å². The first-order chi connectivity index (χ1) is 48.2. The number of carboxylic acids is 1. The molecule has 0 fully saturated rings. The summed E-state index contributed by atoms with van der Waals surface area (Å²) in [5.74, 6) is -0.686. The zero-order valence-electron chi connectivity index (χ0n) is 56.2. The zero-order chi connectivity index (χ0) is 71.5. The molecular formula is C74H68N8O16S2. The van der Waals surface area contributed by atoms with Crippen LogP contribution in [-0.2, 0) is 33.4 Å². The second kappa shape index (κ2) is 31.4. The molecule has 4 aromatic heterocycles. The van der Waals surface area contributed by atoms with Crippen molar-refractivity contribution in [1.29, 1.82) is 0 Å². The number of aliphatic carboxylic acids is 1. The summed E-state index contributed by atoms with van der Waals surface area (Å²) in [4.78, 5) is 97.5. The molecule has 0 aliphatic carbocycles. The summed E-state index contributed by atoms with van der Waals surface area (Å²) in [5, 5.41) is 17.2. The first-order valence-electron chi connectivity index (χ1n) is 31.1. The number of carbonyl (C=O) groups excluding carboxylic acids is 4. The van der Waals surface area contributed by atoms with Crippen molar-refractivity contribution in [3.8, 4) is 68.4 Å². The monoisotopic (exact) mass is 1390 g/mol. The number of fused-ring (bicyclic) bond motifs is 2. The van der Waals surface area contributed by atoms with Gasteiger partial charge in [-0.3, -0.25) is 33.1 Å². The van der Waals surface area contributed by atoms with Crippen molar-refractivity contribution in [2.24, 2.45) is 9.98 Å². The van der Waals surface area contributed by atoms with E-state index in [9.17, 15) is 28.8 Å². The molecule has 0 bridgehead atoms. The number of hydrogen-bond donors (Lipinski definition) is 1. The van der Waals surface area contributed by atoms with Crippen molar-refractivity contribution in [2.75, 3.05) is 41.7 Å². The van der Waals surface area contributed by atoms with Crippen LogP contribution >= 0.6 is 22.7 Å². The molecule has 2 aliphatic rings. The molecule has 1 N–H and O–H groups in total. The number of nitrogens with zero attached hydrogens (tertiary/aromatic N) is 8. The number of ether oxygens (including phenoxy) is 8. The van der Waals surface area contributed by atoms with Gasteiger partial charge in [-0.1, -0.05) is 71.2 Å². The fourth-order valence-electron chi connectivity index (χ4n) is 11.1. The third kappa shape index (κ3) is 15.5. The van der Waals surface area contributed by atoms with Gasteiger partial charge in [-0.05, 0) is 148 Å². The van der Waals surface area contributed by atoms with E-state index in [-0.39, 0.29) is 45.3 Å². The lowest BCUT2D eigenvalue weighted by atomic mass is 9.95. The minimum absolute atomic E-state index is 0.200. The molecule has 0 amide bonds. The predicted octanol–water partition coefficient (Wildman–Crippen LogP) is 9.28. The largest absolute Gasteiger partial charge is 0.494 e. The lowest BCUT2D eigenvalue weighted by Gasteiger charge is -2.25. The number of methoxy groups -OCH3 is 4. The number of benzene rings is 6. The molecule has 2 atom stereocenters. The van der Waals surface area contributed by atoms with Crippen molar-refractivity contribution >= 4 is 64.7 Å². The van der Waals surface area contributed by atoms with Crippen LogP contribution in [0.15, 0.2) is 200 Å². The fourth-order valence-corrected chi connectivity index (χ4v) is 13.2. The lowest BCUT2D eigenvalue weighted by Crippen LogP contribution is -2.39. The molecule has 10 aromatic rings. The van der Waals surface area contributed by atoms with Crippen molar-refractivity contribution < 1.29 is 67.0 Å². The van der Waals surface area contributed by atoms with Crippen LogP contribution in [-0.4, -0.2) is 105 Å². The Bertz CT molecular complexity index is 4900. The Morgan fingerprint density at radius 1 is 0.510 bits per heavy atom. The van der Waals surface area contributed by atoms with E-state index >= 15 is 0 Å². The van der Waals surface area contributed by atoms with Gasteiger partial charge >= 0.3 is 23.9 Å². The Labute approximate surface area is 580 Å². The van der Waals surface area contributed by atoms with E-state index in [0.717, 1.165) is 40.9 Å². The smallest absolute Gasteiger partial charge is 0.338 e. The maximum Gasteiger partial charge on any atom is 0.338 e. The van der Waals surface area contributed by atoms with E-state index in [1.165, 1.54) is 74.1 Å². The van der Waals surface area contributed by atoms with Gasteiger partial charge in [0.15, 0.2) is 32.6 Å². The molecule has 0 radical (unpaired) electrons. The number of carbonyl (C=O) groups is 5. The first kappa shape index (κ1) is 70.8. The molecule has 0 spiro atoms. The number of carboxylic acid groups (broad SMARTS) is 1. The number of allylic oxidation sites excluding steroid dienone is 2. The van der Waals surface area contributed by atoms with E-state index in [4.69, 9.17) is 58.0 Å². The topological polar surface area (TPSA) is 284 Å². The maximum absolute atomic E-state index is 14.3. The number of rotatable bonds is 18. The Kier molecular flexibility index (Phi) is 22.3. The van der Waals surface area contributed by atoms with Gasteiger partial charge in [0.25, 0.3) is 17.1 Å². The van der Waals surface area contributed by atoms with Gasteiger partial charge in [0.1, 0.15) is 22.9 Å². The lowest BCUT2D eigenvalue weighted by molar-refractivity contribution is -0.137. The molecule has 0 saturated heterocycles. The van der Waals surface area contributed by atoms with Gasteiger partial charge in [-0.25, -0.2) is 28.9 Å². The molecule has 6 heterocycles. The Hall–Kier alpha value is -12.0. The highest BCUT2D eigenvalue weighted by Gasteiger charge is 2.36. The minimum atomic E-state index is -0.895. The van der Waals surface area contributed by atoms with Crippen LogP contribution in [0.3, 0.4) is 0 Å². The van der Waals surface area contributed by atoms with Gasteiger partial charge in [0.2, 0.25) is 0 Å². The fraction of sp³-hybridized carbons (Fsp3) is 0.203. The standard InChI is InChI=1S/2C36H32N4O7S.C2H4O2/c2*1-6-46-27-15-12-23(13-16-27)32-25(20-39(38-32)26-10-8-7-9-11-26)19-30-34(42)40-33(31(35(43)45-5)21(2)37-36(40)48-30)24-14-17-28(47-22(3)41)29(18-24)44-4;1-2(3)4/h2*7-20,33H,6H2,1-5H3;1H3,(H,3,4)/b2*30-19-;. The van der Waals surface area contributed by atoms with Crippen LogP contribution in [0.5, 0.6) is 34.5 Å². The molecule has 12 rings (SSSR count). The van der Waals surface area contributed by atoms with Crippen molar-refractivity contribution in [3.63, 3.8) is 0 Å². The van der Waals surface area contributed by atoms with Crippen LogP contribution in [0.4, 0.5) is 0 Å². The van der Waals surface area contributed by atoms with Crippen LogP contribution in [0.25, 0.3) is 46.0 Å². The van der Waals surface area contributed by atoms with Crippen LogP contribution in [0.1, 0.15) is 82.8 Å². The summed E-state index contributed by atoms with van der Waals surface area (Å²) in [7, 11) is 5.44. The van der Waals surface area contributed by atoms with Crippen molar-refractivity contribution in [3.05, 3.63) is 242 Å². The zero-order valence-corrected chi connectivity index (χ0v) is 57.8. The number of aromatic nitrogens is 6. The second-order valence-corrected chi connectivity index (χ2v) is 24.0. The number of hydrogen-bond acceptors (Lipinski definition) is 21. The SMILES string of the molecule is CC(=O)O.CCOc1ccc(-c2nn(-c3ccccc3)cc2/C=c2\sc3n(c2=O)C(c2ccc(OC(C)=O)c(OC)c2)C(C(=O)OC)=C(C)N=3)cc1.CCOc1ccc(-c2nn(-c3ccccc3)cc2/C=c2\sc3n(c2=O)C(c2ccc(OC(C)=O)c(OC)c2)C(C(=O)OC)=C(C)N=3)cc1. The summed E-state index contributed by atoms with van der Waals surface area (Å²) in [6.45, 7) is 12.0. The van der Waals surface area contributed by atoms with E-state index < -0.39 is 41.9 Å². The molecule has 26 heteroatoms. The first-order valence-corrected chi connectivity index (χ1v) is 32.7. The van der Waals surface area contributed by atoms with Gasteiger partial charge in [0, 0.05) is 55.4 Å². The summed E-state index contributed by atoms with van der Waals surface area (Å²) in [5.41, 5.74) is 7.74. The molecule has 512 valence electrons. The normalized spacial score (nSPS) is 13.9. The van der Waals surface area contributed by atoms with Gasteiger partial charge < -0.3 is 43.0 Å². The van der Waals surface area contributed by atoms with E-state index in [1.807, 2.05) is 135 Å². The van der Waals surface area contributed by atoms with E-state index in [1.54, 1.807) is 71.8 Å². The molecule has 24 nitrogen and oxygen atoms in total. The van der Waals surface area contributed by atoms with Crippen LogP contribution < -0.4 is 58.2 Å². The van der Waals surface area contributed by atoms with Crippen molar-refractivity contribution in [2.45, 2.75) is 60.5 Å². The quantitative estimate of drug-likeness (QED) is 0.0618. The van der Waals surface area contributed by atoms with Gasteiger partial charge in [-0.15, -0.1) is 0 Å². The average Bonchev–Trinajstić information content (AvgIpc) is 1.52. The highest BCUT2D eigenvalue weighted by atomic mass is 32.1. The van der Waals surface area contributed by atoms with E-state index in [0.29, 0.717) is 76.9 Å². The molecule has 2 aliphatic heterocycles. The van der Waals surface area contributed by atoms with Crippen LogP contribution in [0, 0.1) is 0 Å². The minimum Gasteiger partial charge on any atom is -0.494 e. The second-order valence-electron chi connectivity index (χ2n) is 22.0. The molecule has 0 saturated carbocycles. The third-order valence-corrected chi connectivity index (χ3v) is 17.3. The summed E-state index contributed by atoms with van der Waals surface area (Å²) < 4.78 is 50.4. The number of para-hydroxylation sites is 2.